The van der Waals surface area contributed by atoms with E-state index in [4.69, 9.17) is 5.11 Å². The molecule has 2 N–H and O–H groups in total. The molecule has 0 aliphatic rings. The van der Waals surface area contributed by atoms with Crippen LogP contribution in [-0.4, -0.2) is 24.5 Å². The lowest BCUT2D eigenvalue weighted by atomic mass is 10.3. The minimum absolute atomic E-state index is 0.0105. The average molecular weight is 442 g/mol. The fourth-order valence-electron chi connectivity index (χ4n) is 1.35. The van der Waals surface area contributed by atoms with E-state index in [2.05, 4.69) is 41.6 Å². The molecule has 2 heterocycles. The van der Waals surface area contributed by atoms with Crippen LogP contribution in [0.2, 0.25) is 0 Å². The highest BCUT2D eigenvalue weighted by molar-refractivity contribution is 9.12. The van der Waals surface area contributed by atoms with Crippen LogP contribution in [0.3, 0.4) is 0 Å². The Morgan fingerprint density at radius 2 is 2.10 bits per heavy atom. The van der Waals surface area contributed by atoms with Crippen molar-refractivity contribution in [3.05, 3.63) is 37.5 Å². The molecule has 0 amide bonds. The van der Waals surface area contributed by atoms with Crippen molar-refractivity contribution in [2.45, 2.75) is 4.90 Å². The van der Waals surface area contributed by atoms with Gasteiger partial charge in [-0.2, -0.15) is 0 Å². The number of carboxylic acids is 1. The number of carboxylic acid groups (broad SMARTS) is 1. The molecule has 6 nitrogen and oxygen atoms in total. The molecule has 0 atom stereocenters. The fourth-order valence-corrected chi connectivity index (χ4v) is 6.19. The number of hydrogen-bond donors (Lipinski definition) is 2. The maximum Gasteiger partial charge on any atom is 0.339 e. The largest absolute Gasteiger partial charge is 0.478 e. The number of thiophene rings is 1. The molecule has 0 bridgehead atoms. The van der Waals surface area contributed by atoms with Crippen molar-refractivity contribution in [2.75, 3.05) is 4.72 Å². The molecule has 2 aromatic heterocycles. The Labute approximate surface area is 135 Å². The van der Waals surface area contributed by atoms with Gasteiger partial charge in [0, 0.05) is 6.20 Å². The number of carbonyl (C=O) groups is 1. The highest BCUT2D eigenvalue weighted by Gasteiger charge is 2.23. The second-order valence-corrected chi connectivity index (χ2v) is 8.90. The van der Waals surface area contributed by atoms with Gasteiger partial charge in [0.05, 0.1) is 7.57 Å². The van der Waals surface area contributed by atoms with Crippen molar-refractivity contribution in [1.29, 1.82) is 0 Å². The summed E-state index contributed by atoms with van der Waals surface area (Å²) in [6.07, 6.45) is 1.31. The van der Waals surface area contributed by atoms with E-state index in [0.717, 1.165) is 0 Å². The molecule has 2 rings (SSSR count). The van der Waals surface area contributed by atoms with E-state index in [1.165, 1.54) is 35.7 Å². The van der Waals surface area contributed by atoms with Crippen molar-refractivity contribution < 1.29 is 18.3 Å². The third-order valence-electron chi connectivity index (χ3n) is 2.18. The number of rotatable bonds is 4. The molecule has 0 radical (unpaired) electrons. The topological polar surface area (TPSA) is 96.4 Å². The normalized spacial score (nSPS) is 11.3. The maximum absolute atomic E-state index is 12.2. The van der Waals surface area contributed by atoms with E-state index in [0.29, 0.717) is 7.57 Å². The van der Waals surface area contributed by atoms with Gasteiger partial charge in [0.1, 0.15) is 10.5 Å². The first-order chi connectivity index (χ1) is 9.31. The lowest BCUT2D eigenvalue weighted by Crippen LogP contribution is -2.16. The summed E-state index contributed by atoms with van der Waals surface area (Å²) in [7, 11) is -3.92. The number of halogens is 2. The molecule has 0 spiro atoms. The summed E-state index contributed by atoms with van der Waals surface area (Å²) >= 11 is 7.53. The average Bonchev–Trinajstić information content (AvgIpc) is 2.69. The lowest BCUT2D eigenvalue weighted by Gasteiger charge is -2.08. The molecule has 0 saturated carbocycles. The zero-order valence-electron chi connectivity index (χ0n) is 9.50. The highest BCUT2D eigenvalue weighted by atomic mass is 79.9. The van der Waals surface area contributed by atoms with Crippen LogP contribution in [0.1, 0.15) is 10.4 Å². The predicted molar refractivity (Wildman–Crippen MR) is 81.7 cm³/mol. The molecule has 106 valence electrons. The van der Waals surface area contributed by atoms with Crippen LogP contribution in [0.4, 0.5) is 5.82 Å². The van der Waals surface area contributed by atoms with Gasteiger partial charge >= 0.3 is 5.97 Å². The maximum atomic E-state index is 12.2. The molecule has 0 unspecified atom stereocenters. The summed E-state index contributed by atoms with van der Waals surface area (Å²) in [6, 6.07) is 4.10. The van der Waals surface area contributed by atoms with E-state index < -0.39 is 16.0 Å². The van der Waals surface area contributed by atoms with Crippen LogP contribution in [0.5, 0.6) is 0 Å². The van der Waals surface area contributed by atoms with Gasteiger partial charge in [0.2, 0.25) is 0 Å². The van der Waals surface area contributed by atoms with Gasteiger partial charge in [-0.25, -0.2) is 18.2 Å². The van der Waals surface area contributed by atoms with E-state index in [9.17, 15) is 13.2 Å². The summed E-state index contributed by atoms with van der Waals surface area (Å²) in [5.74, 6) is -1.49. The van der Waals surface area contributed by atoms with Crippen LogP contribution in [-0.2, 0) is 10.0 Å². The molecular formula is C10H6Br2N2O4S2. The highest BCUT2D eigenvalue weighted by Crippen LogP contribution is 2.35. The van der Waals surface area contributed by atoms with Gasteiger partial charge in [0.15, 0.2) is 5.82 Å². The number of sulfonamides is 1. The Balaban J connectivity index is 2.44. The summed E-state index contributed by atoms with van der Waals surface area (Å²) in [5, 5.41) is 9.00. The molecule has 0 aliphatic heterocycles. The Morgan fingerprint density at radius 3 is 2.65 bits per heavy atom. The first kappa shape index (κ1) is 15.4. The lowest BCUT2D eigenvalue weighted by molar-refractivity contribution is 0.0697. The van der Waals surface area contributed by atoms with Crippen LogP contribution in [0.25, 0.3) is 0 Å². The van der Waals surface area contributed by atoms with Gasteiger partial charge in [-0.05, 0) is 50.1 Å². The molecule has 0 saturated heterocycles. The zero-order valence-corrected chi connectivity index (χ0v) is 14.3. The smallest absolute Gasteiger partial charge is 0.339 e. The van der Waals surface area contributed by atoms with Crippen LogP contribution in [0.15, 0.2) is 36.9 Å². The first-order valence-electron chi connectivity index (χ1n) is 4.97. The number of aromatic carboxylic acids is 1. The Kier molecular flexibility index (Phi) is 4.47. The van der Waals surface area contributed by atoms with Crippen LogP contribution >= 0.6 is 43.2 Å². The van der Waals surface area contributed by atoms with E-state index in [-0.39, 0.29) is 16.3 Å². The van der Waals surface area contributed by atoms with Crippen molar-refractivity contribution in [1.82, 2.24) is 4.98 Å². The molecule has 10 heteroatoms. The summed E-state index contributed by atoms with van der Waals surface area (Å²) in [5.41, 5.74) is -0.221. The second kappa shape index (κ2) is 5.80. The molecule has 0 fully saturated rings. The molecule has 20 heavy (non-hydrogen) atoms. The van der Waals surface area contributed by atoms with Crippen molar-refractivity contribution in [2.24, 2.45) is 0 Å². The third kappa shape index (κ3) is 3.19. The number of nitrogens with one attached hydrogen (secondary N) is 1. The SMILES string of the molecule is O=C(O)c1cccnc1NS(=O)(=O)c1cc(Br)sc1Br. The minimum atomic E-state index is -3.92. The second-order valence-electron chi connectivity index (χ2n) is 3.50. The number of anilines is 1. The molecule has 2 aromatic rings. The van der Waals surface area contributed by atoms with Crippen molar-refractivity contribution in [3.63, 3.8) is 0 Å². The summed E-state index contributed by atoms with van der Waals surface area (Å²) < 4.78 is 27.7. The zero-order chi connectivity index (χ0) is 14.9. The Bertz CT molecular complexity index is 773. The fraction of sp³-hybridized carbons (Fsp3) is 0. The van der Waals surface area contributed by atoms with E-state index in [1.54, 1.807) is 0 Å². The quantitative estimate of drug-likeness (QED) is 0.759. The standard InChI is InChI=1S/C10H6Br2N2O4S2/c11-7-4-6(8(12)19-7)20(17,18)14-9-5(10(15)16)2-1-3-13-9/h1-4H,(H,13,14)(H,15,16). The summed E-state index contributed by atoms with van der Waals surface area (Å²) in [6.45, 7) is 0. The van der Waals surface area contributed by atoms with Gasteiger partial charge < -0.3 is 5.11 Å². The third-order valence-corrected chi connectivity index (χ3v) is 6.28. The van der Waals surface area contributed by atoms with E-state index >= 15 is 0 Å². The number of nitrogens with zero attached hydrogens (tertiary/aromatic N) is 1. The minimum Gasteiger partial charge on any atom is -0.478 e. The van der Waals surface area contributed by atoms with Gasteiger partial charge in [0.25, 0.3) is 10.0 Å². The molecule has 0 aromatic carbocycles. The predicted octanol–water partition coefficient (Wildman–Crippen LogP) is 3.17. The van der Waals surface area contributed by atoms with E-state index in [1.807, 2.05) is 0 Å². The van der Waals surface area contributed by atoms with Crippen LogP contribution in [0, 0.1) is 0 Å². The summed E-state index contributed by atoms with van der Waals surface area (Å²) in [4.78, 5) is 14.8. The van der Waals surface area contributed by atoms with Crippen molar-refractivity contribution >= 4 is 65.0 Å². The Morgan fingerprint density at radius 1 is 1.40 bits per heavy atom. The monoisotopic (exact) mass is 440 g/mol. The van der Waals surface area contributed by atoms with Gasteiger partial charge in [-0.15, -0.1) is 11.3 Å². The van der Waals surface area contributed by atoms with Crippen molar-refractivity contribution in [3.8, 4) is 0 Å². The number of hydrogen-bond acceptors (Lipinski definition) is 5. The first-order valence-corrected chi connectivity index (χ1v) is 8.86. The number of pyridine rings is 1. The van der Waals surface area contributed by atoms with Gasteiger partial charge in [-0.1, -0.05) is 0 Å². The number of aromatic nitrogens is 1. The van der Waals surface area contributed by atoms with Crippen LogP contribution < -0.4 is 4.72 Å². The Hall–Kier alpha value is -0.970. The molecule has 0 aliphatic carbocycles. The molecular weight excluding hydrogens is 436 g/mol. The van der Waals surface area contributed by atoms with Gasteiger partial charge in [-0.3, -0.25) is 4.72 Å².